The monoisotopic (exact) mass is 208 g/mol. The van der Waals surface area contributed by atoms with Gasteiger partial charge in [0.2, 0.25) is 0 Å². The van der Waals surface area contributed by atoms with Gasteiger partial charge in [0.15, 0.2) is 6.29 Å². The molecule has 0 bridgehead atoms. The summed E-state index contributed by atoms with van der Waals surface area (Å²) in [7, 11) is 0. The van der Waals surface area contributed by atoms with Gasteiger partial charge >= 0.3 is 0 Å². The van der Waals surface area contributed by atoms with Crippen LogP contribution in [0.15, 0.2) is 18.2 Å². The molecule has 0 spiro atoms. The van der Waals surface area contributed by atoms with E-state index in [9.17, 15) is 14.9 Å². The molecule has 1 N–H and O–H groups in total. The van der Waals surface area contributed by atoms with Crippen molar-refractivity contribution in [3.8, 4) is 0 Å². The van der Waals surface area contributed by atoms with Crippen molar-refractivity contribution in [2.24, 2.45) is 0 Å². The van der Waals surface area contributed by atoms with E-state index in [0.717, 1.165) is 0 Å². The molecule has 15 heavy (non-hydrogen) atoms. The third kappa shape index (κ3) is 2.77. The number of nitro benzene ring substituents is 1. The molecule has 0 unspecified atom stereocenters. The number of aldehydes is 1. The second kappa shape index (κ2) is 4.54. The number of nitrogens with one attached hydrogen (secondary N) is 1. The quantitative estimate of drug-likeness (QED) is 0.468. The number of hydrogen-bond acceptors (Lipinski definition) is 4. The van der Waals surface area contributed by atoms with Crippen molar-refractivity contribution in [2.75, 3.05) is 5.32 Å². The Bertz CT molecular complexity index is 388. The Morgan fingerprint density at radius 3 is 2.60 bits per heavy atom. The second-order valence-corrected chi connectivity index (χ2v) is 3.45. The Morgan fingerprint density at radius 2 is 2.13 bits per heavy atom. The lowest BCUT2D eigenvalue weighted by Gasteiger charge is -2.11. The summed E-state index contributed by atoms with van der Waals surface area (Å²) in [5.74, 6) is 0. The van der Waals surface area contributed by atoms with Crippen molar-refractivity contribution in [1.29, 1.82) is 0 Å². The maximum absolute atomic E-state index is 10.7. The predicted octanol–water partition coefficient (Wildman–Crippen LogP) is 2.23. The summed E-state index contributed by atoms with van der Waals surface area (Å²) in [6.45, 7) is 3.85. The number of rotatable bonds is 4. The van der Waals surface area contributed by atoms with E-state index in [1.165, 1.54) is 12.1 Å². The van der Waals surface area contributed by atoms with Crippen LogP contribution in [0.1, 0.15) is 24.2 Å². The Labute approximate surface area is 87.3 Å². The van der Waals surface area contributed by atoms with Crippen LogP contribution in [0.3, 0.4) is 0 Å². The highest BCUT2D eigenvalue weighted by molar-refractivity contribution is 5.85. The Balaban J connectivity index is 3.09. The van der Waals surface area contributed by atoms with E-state index < -0.39 is 4.92 Å². The van der Waals surface area contributed by atoms with Crippen LogP contribution in [-0.4, -0.2) is 17.3 Å². The average molecular weight is 208 g/mol. The highest BCUT2D eigenvalue weighted by atomic mass is 16.6. The van der Waals surface area contributed by atoms with Crippen LogP contribution in [0.4, 0.5) is 11.4 Å². The summed E-state index contributed by atoms with van der Waals surface area (Å²) < 4.78 is 0. The summed E-state index contributed by atoms with van der Waals surface area (Å²) >= 11 is 0. The van der Waals surface area contributed by atoms with Crippen LogP contribution in [0.25, 0.3) is 0 Å². The van der Waals surface area contributed by atoms with Gasteiger partial charge in [0.1, 0.15) is 0 Å². The smallest absolute Gasteiger partial charge is 0.270 e. The first-order chi connectivity index (χ1) is 7.04. The van der Waals surface area contributed by atoms with Gasteiger partial charge in [0.25, 0.3) is 5.69 Å². The zero-order valence-electron chi connectivity index (χ0n) is 8.56. The van der Waals surface area contributed by atoms with Crippen molar-refractivity contribution in [3.63, 3.8) is 0 Å². The maximum Gasteiger partial charge on any atom is 0.270 e. The average Bonchev–Trinajstić information content (AvgIpc) is 2.17. The fraction of sp³-hybridized carbons (Fsp3) is 0.300. The fourth-order valence-electron chi connectivity index (χ4n) is 1.20. The fourth-order valence-corrected chi connectivity index (χ4v) is 1.20. The van der Waals surface area contributed by atoms with E-state index in [0.29, 0.717) is 17.5 Å². The number of carbonyl (C=O) groups is 1. The molecule has 0 radical (unpaired) electrons. The number of carbonyl (C=O) groups excluding carboxylic acids is 1. The predicted molar refractivity (Wildman–Crippen MR) is 57.2 cm³/mol. The molecule has 0 saturated heterocycles. The van der Waals surface area contributed by atoms with Gasteiger partial charge in [0.05, 0.1) is 4.92 Å². The molecule has 5 nitrogen and oxygen atoms in total. The van der Waals surface area contributed by atoms with Crippen molar-refractivity contribution in [2.45, 2.75) is 19.9 Å². The summed E-state index contributed by atoms with van der Waals surface area (Å²) in [5, 5.41) is 13.5. The van der Waals surface area contributed by atoms with E-state index in [4.69, 9.17) is 0 Å². The number of anilines is 1. The van der Waals surface area contributed by atoms with Crippen LogP contribution in [0, 0.1) is 10.1 Å². The Kier molecular flexibility index (Phi) is 3.38. The standard InChI is InChI=1S/C10H12N2O3/c1-7(2)11-10-4-3-9(12(14)15)5-8(10)6-13/h3-7,11H,1-2H3. The Morgan fingerprint density at radius 1 is 1.47 bits per heavy atom. The van der Waals surface area contributed by atoms with Gasteiger partial charge in [-0.05, 0) is 19.9 Å². The van der Waals surface area contributed by atoms with E-state index in [1.807, 2.05) is 13.8 Å². The molecule has 1 rings (SSSR count). The zero-order valence-corrected chi connectivity index (χ0v) is 8.56. The molecule has 0 aliphatic heterocycles. The zero-order chi connectivity index (χ0) is 11.4. The summed E-state index contributed by atoms with van der Waals surface area (Å²) in [6, 6.07) is 4.35. The molecule has 0 aromatic heterocycles. The molecule has 1 aromatic carbocycles. The van der Waals surface area contributed by atoms with Crippen LogP contribution in [0.5, 0.6) is 0 Å². The van der Waals surface area contributed by atoms with Crippen molar-refractivity contribution < 1.29 is 9.72 Å². The molecule has 0 aliphatic rings. The molecule has 0 aliphatic carbocycles. The topological polar surface area (TPSA) is 72.2 Å². The van der Waals surface area contributed by atoms with Gasteiger partial charge in [0, 0.05) is 29.4 Å². The minimum absolute atomic E-state index is 0.0774. The number of non-ortho nitro benzene ring substituents is 1. The van der Waals surface area contributed by atoms with Crippen LogP contribution >= 0.6 is 0 Å². The maximum atomic E-state index is 10.7. The summed E-state index contributed by atoms with van der Waals surface area (Å²) in [5.41, 5.74) is 0.843. The van der Waals surface area contributed by atoms with Crippen LogP contribution in [0.2, 0.25) is 0 Å². The third-order valence-corrected chi connectivity index (χ3v) is 1.82. The van der Waals surface area contributed by atoms with E-state index in [-0.39, 0.29) is 11.7 Å². The number of nitro groups is 1. The lowest BCUT2D eigenvalue weighted by molar-refractivity contribution is -0.384. The number of hydrogen-bond donors (Lipinski definition) is 1. The van der Waals surface area contributed by atoms with Crippen molar-refractivity contribution >= 4 is 17.7 Å². The molecule has 0 amide bonds. The first-order valence-corrected chi connectivity index (χ1v) is 4.54. The van der Waals surface area contributed by atoms with Gasteiger partial charge in [-0.15, -0.1) is 0 Å². The molecule has 5 heteroatoms. The normalized spacial score (nSPS) is 10.1. The first kappa shape index (κ1) is 11.2. The summed E-state index contributed by atoms with van der Waals surface area (Å²) in [6.07, 6.45) is 0.609. The molecule has 0 fully saturated rings. The van der Waals surface area contributed by atoms with Gasteiger partial charge in [-0.1, -0.05) is 0 Å². The molecule has 80 valence electrons. The summed E-state index contributed by atoms with van der Waals surface area (Å²) in [4.78, 5) is 20.7. The van der Waals surface area contributed by atoms with Gasteiger partial charge in [-0.2, -0.15) is 0 Å². The lowest BCUT2D eigenvalue weighted by Crippen LogP contribution is -2.11. The minimum Gasteiger partial charge on any atom is -0.382 e. The van der Waals surface area contributed by atoms with Crippen LogP contribution in [-0.2, 0) is 0 Å². The van der Waals surface area contributed by atoms with E-state index in [1.54, 1.807) is 6.07 Å². The van der Waals surface area contributed by atoms with Gasteiger partial charge in [-0.25, -0.2) is 0 Å². The van der Waals surface area contributed by atoms with Crippen molar-refractivity contribution in [3.05, 3.63) is 33.9 Å². The van der Waals surface area contributed by atoms with E-state index >= 15 is 0 Å². The number of nitrogens with zero attached hydrogens (tertiary/aromatic N) is 1. The molecular formula is C10H12N2O3. The highest BCUT2D eigenvalue weighted by Crippen LogP contribution is 2.21. The SMILES string of the molecule is CC(C)Nc1ccc([N+](=O)[O-])cc1C=O. The molecule has 0 heterocycles. The van der Waals surface area contributed by atoms with Crippen LogP contribution < -0.4 is 5.32 Å². The molecule has 1 aromatic rings. The Hall–Kier alpha value is -1.91. The largest absolute Gasteiger partial charge is 0.382 e. The molecular weight excluding hydrogens is 196 g/mol. The van der Waals surface area contributed by atoms with Gasteiger partial charge in [-0.3, -0.25) is 14.9 Å². The van der Waals surface area contributed by atoms with E-state index in [2.05, 4.69) is 5.32 Å². The minimum atomic E-state index is -0.522. The highest BCUT2D eigenvalue weighted by Gasteiger charge is 2.10. The lowest BCUT2D eigenvalue weighted by atomic mass is 10.1. The molecule has 0 atom stereocenters. The second-order valence-electron chi connectivity index (χ2n) is 3.45. The third-order valence-electron chi connectivity index (χ3n) is 1.82. The first-order valence-electron chi connectivity index (χ1n) is 4.54. The number of benzene rings is 1. The van der Waals surface area contributed by atoms with Crippen molar-refractivity contribution in [1.82, 2.24) is 0 Å². The van der Waals surface area contributed by atoms with Gasteiger partial charge < -0.3 is 5.32 Å². The molecule has 0 saturated carbocycles.